The number of nitrogens with one attached hydrogen (secondary N) is 1. The second-order valence-electron chi connectivity index (χ2n) is 5.09. The molecule has 1 rings (SSSR count). The van der Waals surface area contributed by atoms with Crippen molar-refractivity contribution >= 4 is 0 Å². The van der Waals surface area contributed by atoms with Crippen LogP contribution < -0.4 is 5.32 Å². The van der Waals surface area contributed by atoms with Crippen molar-refractivity contribution in [1.82, 2.24) is 10.2 Å². The van der Waals surface area contributed by atoms with E-state index in [0.717, 1.165) is 25.8 Å². The van der Waals surface area contributed by atoms with Crippen molar-refractivity contribution < 1.29 is 4.74 Å². The molecule has 1 heterocycles. The van der Waals surface area contributed by atoms with Crippen LogP contribution in [0.4, 0.5) is 0 Å². The smallest absolute Gasteiger partial charge is 0.0480 e. The number of hydrogen-bond donors (Lipinski definition) is 1. The highest BCUT2D eigenvalue weighted by molar-refractivity contribution is 4.71. The predicted octanol–water partition coefficient (Wildman–Crippen LogP) is 2.27. The highest BCUT2D eigenvalue weighted by Crippen LogP contribution is 2.13. The van der Waals surface area contributed by atoms with Crippen molar-refractivity contribution in [3.05, 3.63) is 0 Å². The fraction of sp³-hybridized carbons (Fsp3) is 1.00. The van der Waals surface area contributed by atoms with Gasteiger partial charge < -0.3 is 15.0 Å². The van der Waals surface area contributed by atoms with Gasteiger partial charge in [0.2, 0.25) is 0 Å². The summed E-state index contributed by atoms with van der Waals surface area (Å²) >= 11 is 0. The molecule has 0 bridgehead atoms. The average molecular weight is 242 g/mol. The van der Waals surface area contributed by atoms with Crippen molar-refractivity contribution in [2.24, 2.45) is 0 Å². The van der Waals surface area contributed by atoms with E-state index in [2.05, 4.69) is 24.2 Å². The lowest BCUT2D eigenvalue weighted by atomic mass is 10.1. The van der Waals surface area contributed by atoms with Gasteiger partial charge in [-0.05, 0) is 52.4 Å². The number of unbranched alkanes of at least 4 members (excludes halogenated alkanes) is 3. The van der Waals surface area contributed by atoms with Gasteiger partial charge in [0, 0.05) is 19.3 Å². The fourth-order valence-electron chi connectivity index (χ4n) is 2.45. The van der Waals surface area contributed by atoms with E-state index in [1.54, 1.807) is 0 Å². The number of ether oxygens (including phenoxy) is 1. The maximum absolute atomic E-state index is 5.40. The summed E-state index contributed by atoms with van der Waals surface area (Å²) in [4.78, 5) is 2.53. The van der Waals surface area contributed by atoms with E-state index in [1.807, 2.05) is 0 Å². The molecule has 0 spiro atoms. The molecule has 0 saturated carbocycles. The lowest BCUT2D eigenvalue weighted by Crippen LogP contribution is -2.37. The molecule has 17 heavy (non-hydrogen) atoms. The molecule has 1 aliphatic heterocycles. The maximum Gasteiger partial charge on any atom is 0.0480 e. The first-order chi connectivity index (χ1) is 8.34. The molecule has 3 nitrogen and oxygen atoms in total. The minimum atomic E-state index is 0.769. The Labute approximate surface area is 107 Å². The zero-order valence-corrected chi connectivity index (χ0v) is 11.7. The molecular formula is C14H30N2O. The standard InChI is InChI=1S/C14H30N2O/c1-3-15-10-6-4-5-7-11-16(2)14-8-12-17-13-9-14/h14-15H,3-13H2,1-2H3. The summed E-state index contributed by atoms with van der Waals surface area (Å²) in [6.07, 6.45) is 7.86. The van der Waals surface area contributed by atoms with Crippen LogP contribution in [0, 0.1) is 0 Å². The van der Waals surface area contributed by atoms with E-state index in [4.69, 9.17) is 4.74 Å². The Morgan fingerprint density at radius 1 is 1.12 bits per heavy atom. The Hall–Kier alpha value is -0.120. The quantitative estimate of drug-likeness (QED) is 0.628. The van der Waals surface area contributed by atoms with Gasteiger partial charge in [0.1, 0.15) is 0 Å². The normalized spacial score (nSPS) is 17.8. The molecule has 102 valence electrons. The largest absolute Gasteiger partial charge is 0.381 e. The van der Waals surface area contributed by atoms with Crippen molar-refractivity contribution in [2.75, 3.05) is 39.9 Å². The summed E-state index contributed by atoms with van der Waals surface area (Å²) in [5, 5.41) is 3.38. The van der Waals surface area contributed by atoms with Crippen LogP contribution in [-0.4, -0.2) is 50.8 Å². The van der Waals surface area contributed by atoms with Gasteiger partial charge >= 0.3 is 0 Å². The summed E-state index contributed by atoms with van der Waals surface area (Å²) in [6, 6.07) is 0.769. The van der Waals surface area contributed by atoms with Crippen LogP contribution >= 0.6 is 0 Å². The molecule has 1 saturated heterocycles. The molecule has 0 aromatic rings. The number of hydrogen-bond acceptors (Lipinski definition) is 3. The van der Waals surface area contributed by atoms with E-state index < -0.39 is 0 Å². The van der Waals surface area contributed by atoms with Crippen molar-refractivity contribution in [1.29, 1.82) is 0 Å². The summed E-state index contributed by atoms with van der Waals surface area (Å²) in [7, 11) is 2.27. The predicted molar refractivity (Wildman–Crippen MR) is 73.5 cm³/mol. The summed E-state index contributed by atoms with van der Waals surface area (Å²) in [6.45, 7) is 7.63. The SMILES string of the molecule is CCNCCCCCCN(C)C1CCOCC1. The van der Waals surface area contributed by atoms with E-state index in [0.29, 0.717) is 0 Å². The average Bonchev–Trinajstić information content (AvgIpc) is 2.38. The van der Waals surface area contributed by atoms with E-state index >= 15 is 0 Å². The van der Waals surface area contributed by atoms with Crippen LogP contribution in [-0.2, 0) is 4.74 Å². The molecule has 1 fully saturated rings. The second kappa shape index (κ2) is 9.86. The van der Waals surface area contributed by atoms with E-state index in [1.165, 1.54) is 51.6 Å². The van der Waals surface area contributed by atoms with Gasteiger partial charge in [-0.3, -0.25) is 0 Å². The molecule has 0 atom stereocenters. The minimum Gasteiger partial charge on any atom is -0.381 e. The molecular weight excluding hydrogens is 212 g/mol. The third-order valence-electron chi connectivity index (χ3n) is 3.68. The van der Waals surface area contributed by atoms with Crippen LogP contribution in [0.25, 0.3) is 0 Å². The van der Waals surface area contributed by atoms with Gasteiger partial charge in [0.25, 0.3) is 0 Å². The first-order valence-corrected chi connectivity index (χ1v) is 7.33. The maximum atomic E-state index is 5.40. The molecule has 1 N–H and O–H groups in total. The molecule has 0 aliphatic carbocycles. The van der Waals surface area contributed by atoms with Crippen LogP contribution in [0.5, 0.6) is 0 Å². The van der Waals surface area contributed by atoms with Gasteiger partial charge in [-0.2, -0.15) is 0 Å². The third-order valence-corrected chi connectivity index (χ3v) is 3.68. The van der Waals surface area contributed by atoms with Crippen molar-refractivity contribution in [3.8, 4) is 0 Å². The summed E-state index contributed by atoms with van der Waals surface area (Å²) < 4.78 is 5.40. The van der Waals surface area contributed by atoms with Gasteiger partial charge in [-0.1, -0.05) is 19.8 Å². The molecule has 3 heteroatoms. The van der Waals surface area contributed by atoms with E-state index in [9.17, 15) is 0 Å². The van der Waals surface area contributed by atoms with E-state index in [-0.39, 0.29) is 0 Å². The monoisotopic (exact) mass is 242 g/mol. The Morgan fingerprint density at radius 2 is 1.82 bits per heavy atom. The molecule has 1 aliphatic rings. The Kier molecular flexibility index (Phi) is 8.67. The van der Waals surface area contributed by atoms with Gasteiger partial charge in [0.15, 0.2) is 0 Å². The lowest BCUT2D eigenvalue weighted by molar-refractivity contribution is 0.0426. The van der Waals surface area contributed by atoms with Crippen molar-refractivity contribution in [2.45, 2.75) is 51.5 Å². The molecule has 0 unspecified atom stereocenters. The minimum absolute atomic E-state index is 0.769. The van der Waals surface area contributed by atoms with Gasteiger partial charge in [0.05, 0.1) is 0 Å². The van der Waals surface area contributed by atoms with Gasteiger partial charge in [-0.15, -0.1) is 0 Å². The summed E-state index contributed by atoms with van der Waals surface area (Å²) in [5.74, 6) is 0. The van der Waals surface area contributed by atoms with Crippen LogP contribution in [0.2, 0.25) is 0 Å². The first-order valence-electron chi connectivity index (χ1n) is 7.33. The zero-order chi connectivity index (χ0) is 12.3. The molecule has 0 radical (unpaired) electrons. The molecule has 0 aromatic heterocycles. The van der Waals surface area contributed by atoms with Crippen LogP contribution in [0.1, 0.15) is 45.4 Å². The first kappa shape index (κ1) is 14.9. The Morgan fingerprint density at radius 3 is 2.53 bits per heavy atom. The Bertz CT molecular complexity index is 170. The lowest BCUT2D eigenvalue weighted by Gasteiger charge is -2.31. The highest BCUT2D eigenvalue weighted by atomic mass is 16.5. The second-order valence-corrected chi connectivity index (χ2v) is 5.09. The van der Waals surface area contributed by atoms with Crippen LogP contribution in [0.15, 0.2) is 0 Å². The zero-order valence-electron chi connectivity index (χ0n) is 11.7. The Balaban J connectivity index is 1.90. The fourth-order valence-corrected chi connectivity index (χ4v) is 2.45. The molecule has 0 aromatic carbocycles. The topological polar surface area (TPSA) is 24.5 Å². The highest BCUT2D eigenvalue weighted by Gasteiger charge is 2.17. The van der Waals surface area contributed by atoms with Crippen LogP contribution in [0.3, 0.4) is 0 Å². The van der Waals surface area contributed by atoms with Gasteiger partial charge in [-0.25, -0.2) is 0 Å². The summed E-state index contributed by atoms with van der Waals surface area (Å²) in [5.41, 5.74) is 0. The third kappa shape index (κ3) is 7.02. The number of rotatable bonds is 9. The number of nitrogens with zero attached hydrogens (tertiary/aromatic N) is 1. The van der Waals surface area contributed by atoms with Crippen molar-refractivity contribution in [3.63, 3.8) is 0 Å². The molecule has 0 amide bonds.